The highest BCUT2D eigenvalue weighted by Crippen LogP contribution is 2.41. The van der Waals surface area contributed by atoms with Crippen LogP contribution in [0.5, 0.6) is 0 Å². The number of alkyl halides is 2. The zero-order valence-electron chi connectivity index (χ0n) is 15.4. The van der Waals surface area contributed by atoms with Crippen molar-refractivity contribution in [3.63, 3.8) is 0 Å². The Morgan fingerprint density at radius 1 is 1.34 bits per heavy atom. The van der Waals surface area contributed by atoms with Gasteiger partial charge in [0.2, 0.25) is 0 Å². The van der Waals surface area contributed by atoms with Crippen LogP contribution in [-0.2, 0) is 12.8 Å². The molecule has 1 amide bonds. The summed E-state index contributed by atoms with van der Waals surface area (Å²) in [5.41, 5.74) is 2.10. The molecule has 0 unspecified atom stereocenters. The number of hydrogen-bond acceptors (Lipinski definition) is 5. The van der Waals surface area contributed by atoms with Gasteiger partial charge < -0.3 is 5.32 Å². The summed E-state index contributed by atoms with van der Waals surface area (Å²) in [6, 6.07) is 3.59. The van der Waals surface area contributed by atoms with E-state index >= 15 is 0 Å². The van der Waals surface area contributed by atoms with Gasteiger partial charge in [0.15, 0.2) is 5.65 Å². The van der Waals surface area contributed by atoms with Crippen molar-refractivity contribution >= 4 is 27.9 Å². The van der Waals surface area contributed by atoms with Crippen molar-refractivity contribution in [1.82, 2.24) is 14.6 Å². The van der Waals surface area contributed by atoms with Crippen LogP contribution >= 0.6 is 11.3 Å². The fourth-order valence-electron chi connectivity index (χ4n) is 3.85. The highest BCUT2D eigenvalue weighted by molar-refractivity contribution is 7.16. The van der Waals surface area contributed by atoms with Gasteiger partial charge in [-0.05, 0) is 50.2 Å². The lowest BCUT2D eigenvalue weighted by Gasteiger charge is -2.09. The predicted molar refractivity (Wildman–Crippen MR) is 104 cm³/mol. The first kappa shape index (κ1) is 18.2. The number of rotatable bonds is 4. The summed E-state index contributed by atoms with van der Waals surface area (Å²) in [4.78, 5) is 18.5. The Hall–Kier alpha value is -2.86. The van der Waals surface area contributed by atoms with Gasteiger partial charge in [-0.3, -0.25) is 4.79 Å². The van der Waals surface area contributed by atoms with Crippen LogP contribution in [0.1, 0.15) is 75.8 Å². The Kier molecular flexibility index (Phi) is 4.32. The summed E-state index contributed by atoms with van der Waals surface area (Å²) >= 11 is 1.42. The van der Waals surface area contributed by atoms with E-state index in [2.05, 4.69) is 21.5 Å². The monoisotopic (exact) mass is 413 g/mol. The summed E-state index contributed by atoms with van der Waals surface area (Å²) < 4.78 is 28.1. The van der Waals surface area contributed by atoms with Crippen molar-refractivity contribution in [3.05, 3.63) is 45.2 Å². The lowest BCUT2D eigenvalue weighted by Crippen LogP contribution is -2.13. The maximum Gasteiger partial charge on any atom is 0.280 e. The number of anilines is 1. The van der Waals surface area contributed by atoms with Gasteiger partial charge in [0.05, 0.1) is 11.8 Å². The van der Waals surface area contributed by atoms with Crippen LogP contribution in [0.15, 0.2) is 12.3 Å². The molecule has 2 aliphatic rings. The molecule has 0 aliphatic heterocycles. The van der Waals surface area contributed by atoms with Crippen molar-refractivity contribution in [2.24, 2.45) is 0 Å². The van der Waals surface area contributed by atoms with Crippen LogP contribution in [0.3, 0.4) is 0 Å². The average Bonchev–Trinajstić information content (AvgIpc) is 3.38. The number of carbonyl (C=O) groups excluding carboxylic acids is 1. The Labute approximate surface area is 169 Å². The molecule has 1 saturated carbocycles. The summed E-state index contributed by atoms with van der Waals surface area (Å²) in [7, 11) is 0. The first-order valence-corrected chi connectivity index (χ1v) is 10.4. The van der Waals surface area contributed by atoms with Gasteiger partial charge in [0, 0.05) is 16.5 Å². The number of halogens is 2. The summed E-state index contributed by atoms with van der Waals surface area (Å²) in [5, 5.41) is 16.9. The molecule has 3 aromatic rings. The second-order valence-electron chi connectivity index (χ2n) is 7.46. The molecule has 3 heterocycles. The van der Waals surface area contributed by atoms with E-state index in [1.165, 1.54) is 23.6 Å². The number of thiophene rings is 1. The quantitative estimate of drug-likeness (QED) is 0.677. The molecular weight excluding hydrogens is 396 g/mol. The van der Waals surface area contributed by atoms with Gasteiger partial charge in [-0.25, -0.2) is 18.3 Å². The molecule has 0 saturated heterocycles. The maximum atomic E-state index is 13.5. The highest BCUT2D eigenvalue weighted by atomic mass is 32.1. The van der Waals surface area contributed by atoms with Gasteiger partial charge in [-0.2, -0.15) is 10.4 Å². The third-order valence-electron chi connectivity index (χ3n) is 5.49. The molecule has 0 atom stereocenters. The fourth-order valence-corrected chi connectivity index (χ4v) is 5.09. The van der Waals surface area contributed by atoms with E-state index in [0.29, 0.717) is 16.3 Å². The zero-order valence-corrected chi connectivity index (χ0v) is 16.2. The third kappa shape index (κ3) is 3.08. The van der Waals surface area contributed by atoms with Crippen molar-refractivity contribution in [2.45, 2.75) is 50.9 Å². The van der Waals surface area contributed by atoms with Crippen LogP contribution < -0.4 is 5.32 Å². The fraction of sp³-hybridized carbons (Fsp3) is 0.400. The molecule has 0 radical (unpaired) electrons. The van der Waals surface area contributed by atoms with Gasteiger partial charge >= 0.3 is 0 Å². The number of aromatic nitrogens is 3. The molecule has 148 valence electrons. The molecule has 29 heavy (non-hydrogen) atoms. The lowest BCUT2D eigenvalue weighted by molar-refractivity contribution is 0.102. The topological polar surface area (TPSA) is 83.1 Å². The molecule has 9 heteroatoms. The number of carbonyl (C=O) groups is 1. The number of fused-ring (bicyclic) bond motifs is 2. The summed E-state index contributed by atoms with van der Waals surface area (Å²) in [5.74, 6) is -0.326. The van der Waals surface area contributed by atoms with E-state index in [1.807, 2.05) is 0 Å². The van der Waals surface area contributed by atoms with Gasteiger partial charge in [-0.1, -0.05) is 0 Å². The molecule has 0 aromatic carbocycles. The number of nitriles is 1. The number of hydrogen-bond donors (Lipinski definition) is 1. The van der Waals surface area contributed by atoms with Crippen LogP contribution in [0, 0.1) is 11.3 Å². The molecule has 0 spiro atoms. The van der Waals surface area contributed by atoms with Crippen molar-refractivity contribution in [2.75, 3.05) is 5.32 Å². The minimum Gasteiger partial charge on any atom is -0.312 e. The summed E-state index contributed by atoms with van der Waals surface area (Å²) in [6.45, 7) is 0. The number of amides is 1. The molecule has 6 nitrogen and oxygen atoms in total. The second-order valence-corrected chi connectivity index (χ2v) is 8.56. The van der Waals surface area contributed by atoms with Gasteiger partial charge in [-0.15, -0.1) is 11.3 Å². The average molecular weight is 413 g/mol. The van der Waals surface area contributed by atoms with E-state index in [9.17, 15) is 18.8 Å². The Morgan fingerprint density at radius 2 is 2.14 bits per heavy atom. The highest BCUT2D eigenvalue weighted by Gasteiger charge is 2.30. The van der Waals surface area contributed by atoms with E-state index < -0.39 is 12.3 Å². The van der Waals surface area contributed by atoms with Gasteiger partial charge in [0.1, 0.15) is 22.3 Å². The smallest absolute Gasteiger partial charge is 0.280 e. The SMILES string of the molecule is N#Cc1c(NC(=O)c2cnn3c(C(F)F)cc(C4CC4)nc23)sc2c1CCCC2. The summed E-state index contributed by atoms with van der Waals surface area (Å²) in [6.07, 6.45) is 4.22. The first-order valence-electron chi connectivity index (χ1n) is 9.59. The largest absolute Gasteiger partial charge is 0.312 e. The lowest BCUT2D eigenvalue weighted by atomic mass is 9.96. The minimum atomic E-state index is -2.72. The first-order chi connectivity index (χ1) is 14.1. The third-order valence-corrected chi connectivity index (χ3v) is 6.70. The maximum absolute atomic E-state index is 13.5. The van der Waals surface area contributed by atoms with Crippen LogP contribution in [0.4, 0.5) is 13.8 Å². The molecule has 1 fully saturated rings. The van der Waals surface area contributed by atoms with E-state index in [4.69, 9.17) is 0 Å². The molecule has 3 aromatic heterocycles. The normalized spacial score (nSPS) is 16.1. The van der Waals surface area contributed by atoms with Crippen molar-refractivity contribution in [3.8, 4) is 6.07 Å². The Morgan fingerprint density at radius 3 is 2.86 bits per heavy atom. The Balaban J connectivity index is 1.54. The zero-order chi connectivity index (χ0) is 20.1. The predicted octanol–water partition coefficient (Wildman–Crippen LogP) is 4.61. The number of aryl methyl sites for hydroxylation is 1. The van der Waals surface area contributed by atoms with Crippen LogP contribution in [0.25, 0.3) is 5.65 Å². The number of nitrogens with one attached hydrogen (secondary N) is 1. The molecule has 1 N–H and O–H groups in total. The molecule has 0 bridgehead atoms. The molecule has 2 aliphatic carbocycles. The molecule has 5 rings (SSSR count). The second kappa shape index (κ2) is 6.88. The van der Waals surface area contributed by atoms with E-state index in [-0.39, 0.29) is 22.8 Å². The van der Waals surface area contributed by atoms with Crippen LogP contribution in [0.2, 0.25) is 0 Å². The Bertz CT molecular complexity index is 1170. The van der Waals surface area contributed by atoms with Gasteiger partial charge in [0.25, 0.3) is 12.3 Å². The van der Waals surface area contributed by atoms with Crippen LogP contribution in [-0.4, -0.2) is 20.5 Å². The number of nitrogens with zero attached hydrogens (tertiary/aromatic N) is 4. The standard InChI is InChI=1S/C20H17F2N5OS/c21-17(22)15-7-14(10-5-6-10)25-18-13(9-24-27(15)18)19(28)26-20-12(8-23)11-3-1-2-4-16(11)29-20/h7,9-10,17H,1-6H2,(H,26,28). The van der Waals surface area contributed by atoms with Crippen molar-refractivity contribution < 1.29 is 13.6 Å². The van der Waals surface area contributed by atoms with E-state index in [0.717, 1.165) is 53.5 Å². The van der Waals surface area contributed by atoms with Crippen molar-refractivity contribution in [1.29, 1.82) is 5.26 Å². The molecular formula is C20H17F2N5OS. The van der Waals surface area contributed by atoms with E-state index in [1.54, 1.807) is 0 Å². The minimum absolute atomic E-state index is 0.127.